The van der Waals surface area contributed by atoms with Crippen molar-refractivity contribution in [1.29, 1.82) is 0 Å². The summed E-state index contributed by atoms with van der Waals surface area (Å²) in [4.78, 5) is 33.6. The number of anilines is 1. The first-order valence-electron chi connectivity index (χ1n) is 8.13. The lowest BCUT2D eigenvalue weighted by atomic mass is 9.97. The standard InChI is InChI=1S/C20H16N4O2/c1-11-7-9-13(10-8-11)17-16(21)14(12-5-3-2-4-6-12)15-18(22-17)23-20(26)24-19(15)25/h2-10H,21H2,1H3,(H2,22,23,24,25,26). The molecular formula is C20H16N4O2. The maximum atomic E-state index is 12.5. The highest BCUT2D eigenvalue weighted by molar-refractivity contribution is 6.02. The molecule has 0 atom stereocenters. The Bertz CT molecular complexity index is 1220. The Morgan fingerprint density at radius 3 is 2.27 bits per heavy atom. The molecule has 4 N–H and O–H groups in total. The van der Waals surface area contributed by atoms with Gasteiger partial charge in [-0.25, -0.2) is 9.78 Å². The van der Waals surface area contributed by atoms with Crippen molar-refractivity contribution >= 4 is 16.7 Å². The van der Waals surface area contributed by atoms with Gasteiger partial charge in [0.25, 0.3) is 5.56 Å². The third kappa shape index (κ3) is 2.57. The molecular weight excluding hydrogens is 328 g/mol. The third-order valence-corrected chi connectivity index (χ3v) is 4.31. The van der Waals surface area contributed by atoms with Crippen molar-refractivity contribution in [3.63, 3.8) is 0 Å². The summed E-state index contributed by atoms with van der Waals surface area (Å²) in [6.45, 7) is 1.99. The molecule has 2 aromatic heterocycles. The topological polar surface area (TPSA) is 105 Å². The highest BCUT2D eigenvalue weighted by atomic mass is 16.2. The second-order valence-corrected chi connectivity index (χ2v) is 6.11. The second kappa shape index (κ2) is 6.00. The fourth-order valence-electron chi connectivity index (χ4n) is 3.05. The molecule has 26 heavy (non-hydrogen) atoms. The minimum absolute atomic E-state index is 0.211. The van der Waals surface area contributed by atoms with Crippen molar-refractivity contribution in [2.24, 2.45) is 0 Å². The van der Waals surface area contributed by atoms with E-state index in [0.29, 0.717) is 16.9 Å². The van der Waals surface area contributed by atoms with Crippen molar-refractivity contribution in [1.82, 2.24) is 15.0 Å². The van der Waals surface area contributed by atoms with Crippen LogP contribution < -0.4 is 17.0 Å². The molecule has 128 valence electrons. The van der Waals surface area contributed by atoms with Crippen molar-refractivity contribution in [3.05, 3.63) is 81.0 Å². The van der Waals surface area contributed by atoms with Crippen LogP contribution in [-0.4, -0.2) is 15.0 Å². The zero-order valence-electron chi connectivity index (χ0n) is 14.0. The summed E-state index contributed by atoms with van der Waals surface area (Å²) in [6.07, 6.45) is 0. The summed E-state index contributed by atoms with van der Waals surface area (Å²) >= 11 is 0. The van der Waals surface area contributed by atoms with Gasteiger partial charge in [0.05, 0.1) is 16.8 Å². The Labute approximate surface area is 148 Å². The average molecular weight is 344 g/mol. The lowest BCUT2D eigenvalue weighted by Gasteiger charge is -2.14. The maximum absolute atomic E-state index is 12.5. The van der Waals surface area contributed by atoms with E-state index in [9.17, 15) is 9.59 Å². The van der Waals surface area contributed by atoms with E-state index in [4.69, 9.17) is 5.73 Å². The number of rotatable bonds is 2. The summed E-state index contributed by atoms with van der Waals surface area (Å²) in [5, 5.41) is 0.268. The number of pyridine rings is 1. The molecule has 6 nitrogen and oxygen atoms in total. The molecule has 0 spiro atoms. The first kappa shape index (κ1) is 15.8. The highest BCUT2D eigenvalue weighted by Gasteiger charge is 2.18. The van der Waals surface area contributed by atoms with Gasteiger partial charge in [-0.05, 0) is 12.5 Å². The predicted molar refractivity (Wildman–Crippen MR) is 103 cm³/mol. The van der Waals surface area contributed by atoms with E-state index >= 15 is 0 Å². The van der Waals surface area contributed by atoms with Crippen molar-refractivity contribution in [2.75, 3.05) is 5.73 Å². The van der Waals surface area contributed by atoms with E-state index < -0.39 is 11.2 Å². The van der Waals surface area contributed by atoms with Crippen LogP contribution in [0.1, 0.15) is 5.56 Å². The van der Waals surface area contributed by atoms with Crippen LogP contribution in [0.2, 0.25) is 0 Å². The number of aromatic nitrogens is 3. The average Bonchev–Trinajstić information content (AvgIpc) is 2.63. The molecule has 0 aliphatic heterocycles. The third-order valence-electron chi connectivity index (χ3n) is 4.31. The van der Waals surface area contributed by atoms with E-state index in [-0.39, 0.29) is 11.0 Å². The Hall–Kier alpha value is -3.67. The maximum Gasteiger partial charge on any atom is 0.327 e. The van der Waals surface area contributed by atoms with Crippen molar-refractivity contribution in [2.45, 2.75) is 6.92 Å². The number of fused-ring (bicyclic) bond motifs is 1. The SMILES string of the molecule is Cc1ccc(-c2nc3[nH]c(=O)[nH]c(=O)c3c(-c3ccccc3)c2N)cc1. The number of hydrogen-bond acceptors (Lipinski definition) is 4. The van der Waals surface area contributed by atoms with Gasteiger partial charge in [-0.15, -0.1) is 0 Å². The van der Waals surface area contributed by atoms with E-state index in [1.54, 1.807) is 0 Å². The van der Waals surface area contributed by atoms with Gasteiger partial charge in [-0.2, -0.15) is 0 Å². The zero-order chi connectivity index (χ0) is 18.3. The number of benzene rings is 2. The number of nitrogens with two attached hydrogens (primary N) is 1. The Morgan fingerprint density at radius 1 is 0.885 bits per heavy atom. The van der Waals surface area contributed by atoms with Gasteiger partial charge in [0, 0.05) is 11.1 Å². The molecule has 0 saturated carbocycles. The molecule has 6 heteroatoms. The molecule has 0 radical (unpaired) electrons. The molecule has 0 unspecified atom stereocenters. The molecule has 2 heterocycles. The molecule has 0 bridgehead atoms. The first-order valence-corrected chi connectivity index (χ1v) is 8.13. The molecule has 0 amide bonds. The van der Waals surface area contributed by atoms with Gasteiger partial charge in [-0.3, -0.25) is 14.8 Å². The number of nitrogens with zero attached hydrogens (tertiary/aromatic N) is 1. The van der Waals surface area contributed by atoms with Crippen molar-refractivity contribution in [3.8, 4) is 22.4 Å². The molecule has 0 saturated heterocycles. The van der Waals surface area contributed by atoms with E-state index in [2.05, 4.69) is 15.0 Å². The zero-order valence-corrected chi connectivity index (χ0v) is 14.0. The summed E-state index contributed by atoms with van der Waals surface area (Å²) in [5.41, 5.74) is 9.73. The monoisotopic (exact) mass is 344 g/mol. The van der Waals surface area contributed by atoms with Gasteiger partial charge in [0.2, 0.25) is 0 Å². The molecule has 4 aromatic rings. The van der Waals surface area contributed by atoms with E-state index in [0.717, 1.165) is 16.7 Å². The normalized spacial score (nSPS) is 11.0. The van der Waals surface area contributed by atoms with Gasteiger partial charge >= 0.3 is 5.69 Å². The van der Waals surface area contributed by atoms with Crippen LogP contribution >= 0.6 is 0 Å². The fraction of sp³-hybridized carbons (Fsp3) is 0.0500. The number of nitrogen functional groups attached to an aromatic ring is 1. The summed E-state index contributed by atoms with van der Waals surface area (Å²) in [6, 6.07) is 17.1. The molecule has 0 aliphatic carbocycles. The predicted octanol–water partition coefficient (Wildman–Crippen LogP) is 2.84. The van der Waals surface area contributed by atoms with Crippen LogP contribution in [0.5, 0.6) is 0 Å². The van der Waals surface area contributed by atoms with E-state index in [1.165, 1.54) is 0 Å². The van der Waals surface area contributed by atoms with Crippen LogP contribution in [0, 0.1) is 6.92 Å². The van der Waals surface area contributed by atoms with Crippen LogP contribution in [0.3, 0.4) is 0 Å². The minimum Gasteiger partial charge on any atom is -0.396 e. The highest BCUT2D eigenvalue weighted by Crippen LogP contribution is 2.36. The van der Waals surface area contributed by atoms with Crippen LogP contribution in [-0.2, 0) is 0 Å². The Morgan fingerprint density at radius 2 is 1.58 bits per heavy atom. The lowest BCUT2D eigenvalue weighted by Crippen LogP contribution is -2.23. The first-order chi connectivity index (χ1) is 12.5. The number of hydrogen-bond donors (Lipinski definition) is 3. The minimum atomic E-state index is -0.603. The fourth-order valence-corrected chi connectivity index (χ4v) is 3.05. The van der Waals surface area contributed by atoms with Crippen molar-refractivity contribution < 1.29 is 0 Å². The van der Waals surface area contributed by atoms with Gasteiger partial charge in [0.1, 0.15) is 5.65 Å². The Balaban J connectivity index is 2.16. The Kier molecular flexibility index (Phi) is 3.65. The summed E-state index contributed by atoms with van der Waals surface area (Å²) < 4.78 is 0. The smallest absolute Gasteiger partial charge is 0.327 e. The molecule has 2 aromatic carbocycles. The lowest BCUT2D eigenvalue weighted by molar-refractivity contribution is 1.06. The van der Waals surface area contributed by atoms with E-state index in [1.807, 2.05) is 61.5 Å². The largest absolute Gasteiger partial charge is 0.396 e. The van der Waals surface area contributed by atoms with Gasteiger partial charge in [-0.1, -0.05) is 60.2 Å². The summed E-state index contributed by atoms with van der Waals surface area (Å²) in [5.74, 6) is 0. The summed E-state index contributed by atoms with van der Waals surface area (Å²) in [7, 11) is 0. The van der Waals surface area contributed by atoms with Crippen LogP contribution in [0.25, 0.3) is 33.4 Å². The number of aromatic amines is 2. The molecule has 0 aliphatic rings. The van der Waals surface area contributed by atoms with Gasteiger partial charge < -0.3 is 5.73 Å². The second-order valence-electron chi connectivity index (χ2n) is 6.11. The van der Waals surface area contributed by atoms with Crippen LogP contribution in [0.15, 0.2) is 64.2 Å². The van der Waals surface area contributed by atoms with Gasteiger partial charge in [0.15, 0.2) is 0 Å². The van der Waals surface area contributed by atoms with Crippen LogP contribution in [0.4, 0.5) is 5.69 Å². The number of H-pyrrole nitrogens is 2. The number of aryl methyl sites for hydroxylation is 1. The quantitative estimate of drug-likeness (QED) is 0.520. The molecule has 0 fully saturated rings. The number of nitrogens with one attached hydrogen (secondary N) is 2. The molecule has 4 rings (SSSR count).